The maximum absolute atomic E-state index is 14.4. The van der Waals surface area contributed by atoms with E-state index in [0.29, 0.717) is 33.3 Å². The van der Waals surface area contributed by atoms with Crippen molar-refractivity contribution in [2.24, 2.45) is 0 Å². The van der Waals surface area contributed by atoms with E-state index in [9.17, 15) is 18.8 Å². The van der Waals surface area contributed by atoms with Crippen LogP contribution in [-0.4, -0.2) is 50.3 Å². The van der Waals surface area contributed by atoms with Crippen molar-refractivity contribution in [3.05, 3.63) is 68.4 Å². The van der Waals surface area contributed by atoms with Gasteiger partial charge < -0.3 is 14.8 Å². The molecule has 12 nitrogen and oxygen atoms in total. The molecule has 4 aromatic rings. The third kappa shape index (κ3) is 5.50. The molecule has 41 heavy (non-hydrogen) atoms. The van der Waals surface area contributed by atoms with Gasteiger partial charge in [-0.1, -0.05) is 11.3 Å². The van der Waals surface area contributed by atoms with E-state index in [1.165, 1.54) is 60.9 Å². The predicted octanol–water partition coefficient (Wildman–Crippen LogP) is 2.80. The molecule has 0 saturated carbocycles. The van der Waals surface area contributed by atoms with Gasteiger partial charge in [-0.15, -0.1) is 4.80 Å². The highest BCUT2D eigenvalue weighted by molar-refractivity contribution is 7.21. The number of thiophene rings is 1. The zero-order chi connectivity index (χ0) is 29.9. The van der Waals surface area contributed by atoms with Crippen LogP contribution in [0.2, 0.25) is 0 Å². The van der Waals surface area contributed by atoms with Gasteiger partial charge in [0.05, 0.1) is 50.5 Å². The highest BCUT2D eigenvalue weighted by Crippen LogP contribution is 2.34. The molecule has 0 aliphatic carbocycles. The number of likely N-dealkylation sites (N-methyl/N-ethyl adjacent to an activating group) is 1. The number of methoxy groups -OCH3 is 1. The Morgan fingerprint density at radius 2 is 1.98 bits per heavy atom. The molecule has 0 bridgehead atoms. The molecule has 3 aromatic heterocycles. The largest absolute Gasteiger partial charge is 0.496 e. The number of carbonyl (C=O) groups is 1. The summed E-state index contributed by atoms with van der Waals surface area (Å²) in [5.41, 5.74) is -2.13. The molecule has 0 aliphatic heterocycles. The number of amides is 1. The average Bonchev–Trinajstić information content (AvgIpc) is 3.58. The minimum atomic E-state index is -1.56. The van der Waals surface area contributed by atoms with Gasteiger partial charge >= 0.3 is 5.69 Å². The third-order valence-electron chi connectivity index (χ3n) is 6.66. The lowest BCUT2D eigenvalue weighted by Crippen LogP contribution is -2.55. The maximum Gasteiger partial charge on any atom is 0.333 e. The fourth-order valence-corrected chi connectivity index (χ4v) is 5.81. The first-order chi connectivity index (χ1) is 19.6. The highest BCUT2D eigenvalue weighted by atomic mass is 32.1. The number of aryl methyl sites for hydroxylation is 1. The molecule has 4 rings (SSSR count). The lowest BCUT2D eigenvalue weighted by Gasteiger charge is -2.27. The van der Waals surface area contributed by atoms with Gasteiger partial charge in [-0.2, -0.15) is 15.5 Å². The number of aromatic nitrogens is 5. The number of benzene rings is 1. The maximum atomic E-state index is 14.4. The summed E-state index contributed by atoms with van der Waals surface area (Å²) in [6.45, 7) is 6.55. The van der Waals surface area contributed by atoms with Crippen LogP contribution in [0.1, 0.15) is 44.4 Å². The molecule has 14 heteroatoms. The number of hydrogen-bond acceptors (Lipinski definition) is 9. The van der Waals surface area contributed by atoms with E-state index < -0.39 is 34.6 Å². The van der Waals surface area contributed by atoms with Crippen LogP contribution in [0.25, 0.3) is 15.2 Å². The van der Waals surface area contributed by atoms with Gasteiger partial charge in [-0.3, -0.25) is 14.2 Å². The Hall–Kier alpha value is -4.35. The number of nitrogens with zero attached hydrogens (tertiary/aromatic N) is 6. The topological polar surface area (TPSA) is 146 Å². The van der Waals surface area contributed by atoms with Gasteiger partial charge in [-0.25, -0.2) is 13.8 Å². The van der Waals surface area contributed by atoms with E-state index in [1.807, 2.05) is 6.07 Å². The number of hydrogen-bond donors (Lipinski definition) is 1. The predicted molar refractivity (Wildman–Crippen MR) is 150 cm³/mol. The van der Waals surface area contributed by atoms with Gasteiger partial charge in [0, 0.05) is 17.7 Å². The Balaban J connectivity index is 2.03. The van der Waals surface area contributed by atoms with Gasteiger partial charge in [0.2, 0.25) is 5.91 Å². The Morgan fingerprint density at radius 1 is 1.27 bits per heavy atom. The second-order valence-electron chi connectivity index (χ2n) is 9.64. The van der Waals surface area contributed by atoms with Crippen LogP contribution in [0.4, 0.5) is 4.39 Å². The van der Waals surface area contributed by atoms with Crippen LogP contribution in [0.3, 0.4) is 0 Å². The minimum Gasteiger partial charge on any atom is -0.496 e. The Kier molecular flexibility index (Phi) is 8.69. The molecule has 1 amide bonds. The highest BCUT2D eigenvalue weighted by Gasteiger charge is 2.36. The summed E-state index contributed by atoms with van der Waals surface area (Å²) in [5.74, 6) is -0.744. The van der Waals surface area contributed by atoms with Crippen LogP contribution in [0.5, 0.6) is 5.75 Å². The Labute approximate surface area is 238 Å². The Morgan fingerprint density at radius 3 is 2.61 bits per heavy atom. The van der Waals surface area contributed by atoms with Gasteiger partial charge in [0.1, 0.15) is 33.0 Å². The van der Waals surface area contributed by atoms with Gasteiger partial charge in [0.15, 0.2) is 0 Å². The molecule has 0 fully saturated rings. The van der Waals surface area contributed by atoms with E-state index in [2.05, 4.69) is 15.5 Å². The van der Waals surface area contributed by atoms with Crippen molar-refractivity contribution in [2.45, 2.75) is 52.3 Å². The molecule has 216 valence electrons. The van der Waals surface area contributed by atoms with Crippen molar-refractivity contribution in [1.29, 1.82) is 5.26 Å². The summed E-state index contributed by atoms with van der Waals surface area (Å²) in [6.07, 6.45) is 2.07. The lowest BCUT2D eigenvalue weighted by atomic mass is 10.0. The van der Waals surface area contributed by atoms with Crippen LogP contribution < -0.4 is 21.3 Å². The third-order valence-corrected chi connectivity index (χ3v) is 7.94. The van der Waals surface area contributed by atoms with Crippen molar-refractivity contribution in [3.63, 3.8) is 0 Å². The van der Waals surface area contributed by atoms with E-state index in [1.54, 1.807) is 13.8 Å². The summed E-state index contributed by atoms with van der Waals surface area (Å²) in [6, 6.07) is 5.93. The number of halogens is 1. The molecule has 1 N–H and O–H groups in total. The lowest BCUT2D eigenvalue weighted by molar-refractivity contribution is -0.128. The first kappa shape index (κ1) is 29.6. The number of nitriles is 1. The smallest absolute Gasteiger partial charge is 0.333 e. The van der Waals surface area contributed by atoms with E-state index in [-0.39, 0.29) is 25.0 Å². The molecule has 0 aliphatic rings. The normalized spacial score (nSPS) is 12.3. The molecule has 1 aromatic carbocycles. The van der Waals surface area contributed by atoms with Crippen molar-refractivity contribution in [3.8, 4) is 16.8 Å². The first-order valence-corrected chi connectivity index (χ1v) is 13.6. The van der Waals surface area contributed by atoms with Crippen LogP contribution in [0.15, 0.2) is 40.2 Å². The molecule has 1 atom stereocenters. The monoisotopic (exact) mass is 583 g/mol. The van der Waals surface area contributed by atoms with Crippen LogP contribution >= 0.6 is 11.3 Å². The number of fused-ring (bicyclic) bond motifs is 1. The summed E-state index contributed by atoms with van der Waals surface area (Å²) in [5, 5.41) is 20.9. The number of carbonyl (C=O) groups excluding carboxylic acids is 1. The van der Waals surface area contributed by atoms with Crippen molar-refractivity contribution >= 4 is 27.5 Å². The number of nitrogens with one attached hydrogen (secondary N) is 1. The second-order valence-corrected chi connectivity index (χ2v) is 10.6. The second kappa shape index (κ2) is 12.0. The fraction of sp³-hybridized carbons (Fsp3) is 0.407. The van der Waals surface area contributed by atoms with E-state index in [0.717, 1.165) is 15.9 Å². The van der Waals surface area contributed by atoms with E-state index in [4.69, 9.17) is 14.7 Å². The first-order valence-electron chi connectivity index (χ1n) is 12.8. The SMILES string of the molecule is CCNC(=O)C(C)(C)n1c(=O)c2c(C)c(-n3nccn3)sc2n(C[C@H](OCCC#N)c2cc(F)ccc2OC)c1=O. The quantitative estimate of drug-likeness (QED) is 0.265. The summed E-state index contributed by atoms with van der Waals surface area (Å²) in [7, 11) is 1.43. The molecule has 3 heterocycles. The molecule has 0 spiro atoms. The number of rotatable bonds is 11. The van der Waals surface area contributed by atoms with Gasteiger partial charge in [-0.05, 0) is 45.9 Å². The van der Waals surface area contributed by atoms with Crippen LogP contribution in [0, 0.1) is 24.1 Å². The minimum absolute atomic E-state index is 0.00527. The van der Waals surface area contributed by atoms with Gasteiger partial charge in [0.25, 0.3) is 5.56 Å². The molecular weight excluding hydrogens is 553 g/mol. The van der Waals surface area contributed by atoms with Crippen LogP contribution in [-0.2, 0) is 21.6 Å². The summed E-state index contributed by atoms with van der Waals surface area (Å²) >= 11 is 1.13. The molecular formula is C27H30FN7O5S. The van der Waals surface area contributed by atoms with Crippen molar-refractivity contribution in [1.82, 2.24) is 29.4 Å². The van der Waals surface area contributed by atoms with E-state index >= 15 is 0 Å². The molecule has 0 saturated heterocycles. The summed E-state index contributed by atoms with van der Waals surface area (Å²) in [4.78, 5) is 42.9. The standard InChI is InChI=1S/C27H30FN7O5S/c1-6-30-25(37)27(3,4)34-22(36)21-16(2)23(35-31-11-12-32-35)41-24(21)33(26(34)38)15-20(40-13-7-10-29)18-14-17(28)8-9-19(18)39-5/h8-9,11-12,14,20H,6-7,13,15H2,1-5H3,(H,30,37)/t20-/m0/s1. The molecule has 0 radical (unpaired) electrons. The summed E-state index contributed by atoms with van der Waals surface area (Å²) < 4.78 is 28.1. The fourth-order valence-electron chi connectivity index (χ4n) is 4.59. The number of ether oxygens (including phenoxy) is 2. The Bertz CT molecular complexity index is 1730. The van der Waals surface area contributed by atoms with Crippen molar-refractivity contribution < 1.29 is 18.7 Å². The zero-order valence-electron chi connectivity index (χ0n) is 23.3. The average molecular weight is 584 g/mol. The molecule has 0 unspecified atom stereocenters. The zero-order valence-corrected chi connectivity index (χ0v) is 24.1. The van der Waals surface area contributed by atoms with Crippen molar-refractivity contribution in [2.75, 3.05) is 20.3 Å².